The summed E-state index contributed by atoms with van der Waals surface area (Å²) in [4.78, 5) is 27.0. The van der Waals surface area contributed by atoms with Crippen molar-refractivity contribution in [2.75, 3.05) is 12.4 Å². The summed E-state index contributed by atoms with van der Waals surface area (Å²) < 4.78 is 6.60. The maximum atomic E-state index is 11.7. The van der Waals surface area contributed by atoms with E-state index < -0.39 is 10.9 Å². The largest absolute Gasteiger partial charge is 0.465 e. The first-order valence-electron chi connectivity index (χ1n) is 7.93. The number of nitrogens with one attached hydrogen (secondary N) is 1. The van der Waals surface area contributed by atoms with Crippen molar-refractivity contribution in [2.45, 2.75) is 13.5 Å². The Morgan fingerprint density at radius 2 is 2.08 bits per heavy atom. The lowest BCUT2D eigenvalue weighted by molar-refractivity contribution is -0.384. The van der Waals surface area contributed by atoms with Crippen molar-refractivity contribution in [3.05, 3.63) is 63.5 Å². The lowest BCUT2D eigenvalue weighted by atomic mass is 10.1. The summed E-state index contributed by atoms with van der Waals surface area (Å²) in [6, 6.07) is 10.0. The van der Waals surface area contributed by atoms with Crippen molar-refractivity contribution in [2.24, 2.45) is 7.05 Å². The van der Waals surface area contributed by atoms with Crippen molar-refractivity contribution in [3.8, 4) is 0 Å². The molecular weight excluding hydrogens is 336 g/mol. The molecular formula is C18H18N4O4. The van der Waals surface area contributed by atoms with E-state index in [4.69, 9.17) is 0 Å². The van der Waals surface area contributed by atoms with Gasteiger partial charge >= 0.3 is 5.97 Å². The molecule has 0 spiro atoms. The second-order valence-corrected chi connectivity index (χ2v) is 5.91. The van der Waals surface area contributed by atoms with Gasteiger partial charge in [-0.2, -0.15) is 0 Å². The van der Waals surface area contributed by atoms with Gasteiger partial charge in [-0.15, -0.1) is 0 Å². The molecule has 0 bridgehead atoms. The molecule has 0 unspecified atom stereocenters. The molecule has 3 rings (SSSR count). The minimum absolute atomic E-state index is 0.118. The molecule has 2 aromatic carbocycles. The fourth-order valence-corrected chi connectivity index (χ4v) is 2.77. The van der Waals surface area contributed by atoms with E-state index in [1.54, 1.807) is 0 Å². The summed E-state index contributed by atoms with van der Waals surface area (Å²) in [5.41, 5.74) is 3.30. The van der Waals surface area contributed by atoms with Crippen LogP contribution >= 0.6 is 0 Å². The predicted molar refractivity (Wildman–Crippen MR) is 97.2 cm³/mol. The number of benzene rings is 2. The molecule has 0 atom stereocenters. The van der Waals surface area contributed by atoms with Crippen LogP contribution in [0.15, 0.2) is 36.4 Å². The maximum absolute atomic E-state index is 11.7. The first-order chi connectivity index (χ1) is 12.4. The maximum Gasteiger partial charge on any atom is 0.337 e. The summed E-state index contributed by atoms with van der Waals surface area (Å²) in [7, 11) is 3.15. The number of anilines is 1. The second-order valence-electron chi connectivity index (χ2n) is 5.91. The molecule has 8 nitrogen and oxygen atoms in total. The van der Waals surface area contributed by atoms with E-state index in [2.05, 4.69) is 15.0 Å². The zero-order chi connectivity index (χ0) is 18.8. The highest BCUT2D eigenvalue weighted by Crippen LogP contribution is 2.27. The van der Waals surface area contributed by atoms with Crippen molar-refractivity contribution in [3.63, 3.8) is 0 Å². The predicted octanol–water partition coefficient (Wildman–Crippen LogP) is 3.19. The first kappa shape index (κ1) is 17.4. The molecule has 0 aliphatic rings. The number of esters is 1. The first-order valence-corrected chi connectivity index (χ1v) is 7.93. The zero-order valence-electron chi connectivity index (χ0n) is 14.6. The summed E-state index contributed by atoms with van der Waals surface area (Å²) in [5, 5.41) is 14.3. The van der Waals surface area contributed by atoms with E-state index in [1.807, 2.05) is 36.7 Å². The Labute approximate surface area is 149 Å². The third-order valence-corrected chi connectivity index (χ3v) is 4.18. The number of hydrogen-bond acceptors (Lipinski definition) is 6. The zero-order valence-corrected chi connectivity index (χ0v) is 14.6. The van der Waals surface area contributed by atoms with Crippen LogP contribution in [0.2, 0.25) is 0 Å². The van der Waals surface area contributed by atoms with Gasteiger partial charge in [-0.25, -0.2) is 9.78 Å². The lowest BCUT2D eigenvalue weighted by Gasteiger charge is -2.09. The van der Waals surface area contributed by atoms with Crippen LogP contribution in [0.5, 0.6) is 0 Å². The molecule has 0 radical (unpaired) electrons. The summed E-state index contributed by atoms with van der Waals surface area (Å²) in [5.74, 6) is 0.171. The van der Waals surface area contributed by atoms with Crippen molar-refractivity contribution < 1.29 is 14.5 Å². The summed E-state index contributed by atoms with van der Waals surface area (Å²) in [6.07, 6.45) is 0. The van der Waals surface area contributed by atoms with Crippen LogP contribution < -0.4 is 5.32 Å². The van der Waals surface area contributed by atoms with Crippen LogP contribution in [0.4, 0.5) is 11.4 Å². The molecule has 0 amide bonds. The van der Waals surface area contributed by atoms with Gasteiger partial charge in [0, 0.05) is 13.1 Å². The number of methoxy groups -OCH3 is 1. The highest BCUT2D eigenvalue weighted by molar-refractivity contribution is 5.91. The molecule has 0 aliphatic carbocycles. The number of rotatable bonds is 5. The van der Waals surface area contributed by atoms with Crippen LogP contribution in [0.25, 0.3) is 11.0 Å². The fourth-order valence-electron chi connectivity index (χ4n) is 2.77. The van der Waals surface area contributed by atoms with Gasteiger partial charge in [-0.1, -0.05) is 6.07 Å². The second kappa shape index (κ2) is 6.83. The van der Waals surface area contributed by atoms with Gasteiger partial charge in [0.1, 0.15) is 11.5 Å². The van der Waals surface area contributed by atoms with Gasteiger partial charge in [0.05, 0.1) is 35.2 Å². The molecule has 0 fully saturated rings. The van der Waals surface area contributed by atoms with Crippen molar-refractivity contribution >= 4 is 28.4 Å². The van der Waals surface area contributed by atoms with Gasteiger partial charge in [0.2, 0.25) is 0 Å². The number of aromatic nitrogens is 2. The van der Waals surface area contributed by atoms with Gasteiger partial charge in [-0.05, 0) is 36.8 Å². The van der Waals surface area contributed by atoms with Crippen LogP contribution in [0, 0.1) is 17.0 Å². The molecule has 0 saturated heterocycles. The van der Waals surface area contributed by atoms with Crippen molar-refractivity contribution in [1.29, 1.82) is 0 Å². The average Bonchev–Trinajstić information content (AvgIpc) is 2.93. The Kier molecular flexibility index (Phi) is 4.57. The lowest BCUT2D eigenvalue weighted by Crippen LogP contribution is -2.09. The van der Waals surface area contributed by atoms with Crippen LogP contribution in [-0.2, 0) is 18.3 Å². The number of hydrogen-bond donors (Lipinski definition) is 1. The topological polar surface area (TPSA) is 99.3 Å². The van der Waals surface area contributed by atoms with Crippen LogP contribution in [-0.4, -0.2) is 27.6 Å². The fraction of sp³-hybridized carbons (Fsp3) is 0.222. The minimum Gasteiger partial charge on any atom is -0.465 e. The number of fused-ring (bicyclic) bond motifs is 1. The molecule has 0 aliphatic heterocycles. The number of imidazole rings is 1. The Morgan fingerprint density at radius 1 is 1.31 bits per heavy atom. The average molecular weight is 354 g/mol. The number of carbonyl (C=O) groups is 1. The number of nitrogens with zero attached hydrogens (tertiary/aromatic N) is 3. The molecule has 1 aromatic heterocycles. The van der Waals surface area contributed by atoms with Crippen LogP contribution in [0.1, 0.15) is 21.7 Å². The van der Waals surface area contributed by atoms with Crippen molar-refractivity contribution in [1.82, 2.24) is 9.55 Å². The van der Waals surface area contributed by atoms with E-state index in [9.17, 15) is 14.9 Å². The summed E-state index contributed by atoms with van der Waals surface area (Å²) >= 11 is 0. The number of aryl methyl sites for hydroxylation is 2. The smallest absolute Gasteiger partial charge is 0.337 e. The van der Waals surface area contributed by atoms with E-state index in [-0.39, 0.29) is 23.5 Å². The Balaban J connectivity index is 1.92. The number of ether oxygens (including phenoxy) is 1. The third kappa shape index (κ3) is 3.21. The molecule has 8 heteroatoms. The Bertz CT molecular complexity index is 1010. The van der Waals surface area contributed by atoms with Gasteiger partial charge < -0.3 is 14.6 Å². The quantitative estimate of drug-likeness (QED) is 0.429. The van der Waals surface area contributed by atoms with Gasteiger partial charge in [-0.3, -0.25) is 10.1 Å². The monoisotopic (exact) mass is 354 g/mol. The Morgan fingerprint density at radius 3 is 2.77 bits per heavy atom. The normalized spacial score (nSPS) is 10.7. The number of carbonyl (C=O) groups excluding carboxylic acids is 1. The van der Waals surface area contributed by atoms with E-state index in [0.717, 1.165) is 22.4 Å². The minimum atomic E-state index is -0.554. The molecule has 0 saturated carbocycles. The van der Waals surface area contributed by atoms with E-state index in [1.165, 1.54) is 25.3 Å². The molecule has 134 valence electrons. The third-order valence-electron chi connectivity index (χ3n) is 4.18. The molecule has 1 heterocycles. The number of nitro benzene ring substituents is 1. The SMILES string of the molecule is COC(=O)c1ccc([N+](=O)[O-])c(NCc2nc3cc(C)ccc3n2C)c1. The molecule has 3 aromatic rings. The van der Waals surface area contributed by atoms with Gasteiger partial charge in [0.15, 0.2) is 0 Å². The summed E-state index contributed by atoms with van der Waals surface area (Å²) in [6.45, 7) is 2.27. The highest BCUT2D eigenvalue weighted by Gasteiger charge is 2.18. The number of nitro groups is 1. The standard InChI is InChI=1S/C18H18N4O4/c1-11-4-6-15-14(8-11)20-17(21(15)2)10-19-13-9-12(18(23)26-3)5-7-16(13)22(24)25/h4-9,19H,10H2,1-3H3. The van der Waals surface area contributed by atoms with Crippen LogP contribution in [0.3, 0.4) is 0 Å². The molecule has 26 heavy (non-hydrogen) atoms. The molecule has 1 N–H and O–H groups in total. The van der Waals surface area contributed by atoms with E-state index in [0.29, 0.717) is 0 Å². The van der Waals surface area contributed by atoms with Gasteiger partial charge in [0.25, 0.3) is 5.69 Å². The Hall–Kier alpha value is -3.42. The van der Waals surface area contributed by atoms with E-state index >= 15 is 0 Å². The highest BCUT2D eigenvalue weighted by atomic mass is 16.6.